The topological polar surface area (TPSA) is 63.6 Å². The zero-order chi connectivity index (χ0) is 13.8. The van der Waals surface area contributed by atoms with Crippen LogP contribution < -0.4 is 0 Å². The van der Waals surface area contributed by atoms with Gasteiger partial charge in [0.1, 0.15) is 0 Å². The Morgan fingerprint density at radius 1 is 1.37 bits per heavy atom. The van der Waals surface area contributed by atoms with Crippen molar-refractivity contribution in [2.45, 2.75) is 25.9 Å². The van der Waals surface area contributed by atoms with E-state index in [1.807, 2.05) is 0 Å². The van der Waals surface area contributed by atoms with Crippen molar-refractivity contribution in [1.82, 2.24) is 0 Å². The molecule has 1 rings (SSSR count). The van der Waals surface area contributed by atoms with Gasteiger partial charge >= 0.3 is 11.9 Å². The number of carboxylic acids is 1. The van der Waals surface area contributed by atoms with Gasteiger partial charge in [-0.25, -0.2) is 9.59 Å². The summed E-state index contributed by atoms with van der Waals surface area (Å²) >= 11 is 0. The molecule has 0 fully saturated rings. The van der Waals surface area contributed by atoms with Crippen LogP contribution in [0.2, 0.25) is 0 Å². The molecule has 19 heavy (non-hydrogen) atoms. The van der Waals surface area contributed by atoms with Crippen LogP contribution in [0.5, 0.6) is 0 Å². The summed E-state index contributed by atoms with van der Waals surface area (Å²) in [5.41, 5.74) is -1.12. The summed E-state index contributed by atoms with van der Waals surface area (Å²) in [6.45, 7) is 3.39. The van der Waals surface area contributed by atoms with Gasteiger partial charge in [-0.2, -0.15) is 0 Å². The quantitative estimate of drug-likeness (QED) is 0.515. The third-order valence-electron chi connectivity index (χ3n) is 2.68. The van der Waals surface area contributed by atoms with E-state index in [2.05, 4.69) is 5.92 Å². The molecule has 0 aliphatic carbocycles. The molecular weight excluding hydrogens is 255 g/mol. The fourth-order valence-corrected chi connectivity index (χ4v) is 1.31. The van der Waals surface area contributed by atoms with Crippen molar-refractivity contribution in [3.63, 3.8) is 0 Å². The number of benzene rings is 1. The van der Waals surface area contributed by atoms with Gasteiger partial charge in [0.05, 0.1) is 11.1 Å². The maximum Gasteiger partial charge on any atom is 0.340 e. The van der Waals surface area contributed by atoms with Gasteiger partial charge in [-0.3, -0.25) is 0 Å². The van der Waals surface area contributed by atoms with E-state index in [0.29, 0.717) is 6.42 Å². The fraction of sp³-hybridized carbons (Fsp3) is 0.286. The third-order valence-corrected chi connectivity index (χ3v) is 2.68. The summed E-state index contributed by atoms with van der Waals surface area (Å²) in [7, 11) is 0. The molecule has 0 bridgehead atoms. The molecule has 1 unspecified atom stereocenters. The molecule has 0 amide bonds. The first-order valence-electron chi connectivity index (χ1n) is 5.47. The van der Waals surface area contributed by atoms with Crippen LogP contribution in [0.15, 0.2) is 24.3 Å². The Hall–Kier alpha value is -1.28. The number of carbonyl (C=O) groups excluding carboxylic acids is 1. The smallest absolute Gasteiger partial charge is 0.340 e. The van der Waals surface area contributed by atoms with Crippen molar-refractivity contribution in [2.24, 2.45) is 0 Å². The van der Waals surface area contributed by atoms with Crippen LogP contribution in [-0.4, -0.2) is 52.2 Å². The van der Waals surface area contributed by atoms with Gasteiger partial charge < -0.3 is 9.84 Å². The summed E-state index contributed by atoms with van der Waals surface area (Å²) in [5, 5.41) is 8.98. The van der Waals surface area contributed by atoms with Crippen LogP contribution in [0.4, 0.5) is 0 Å². The number of rotatable bonds is 4. The number of esters is 1. The predicted molar refractivity (Wildman–Crippen MR) is 72.1 cm³/mol. The van der Waals surface area contributed by atoms with Crippen LogP contribution in [0.3, 0.4) is 0 Å². The zero-order valence-electron chi connectivity index (χ0n) is 11.3. The van der Waals surface area contributed by atoms with E-state index in [0.717, 1.165) is 0 Å². The Labute approximate surface area is 134 Å². The Morgan fingerprint density at radius 2 is 1.89 bits per heavy atom. The molecule has 0 aliphatic rings. The van der Waals surface area contributed by atoms with E-state index in [4.69, 9.17) is 16.3 Å². The molecule has 0 saturated carbocycles. The van der Waals surface area contributed by atoms with Gasteiger partial charge in [-0.05, 0) is 25.5 Å². The monoisotopic (exact) mass is 269 g/mol. The molecule has 1 atom stereocenters. The molecule has 1 N–H and O–H groups in total. The largest absolute Gasteiger partial charge is 0.478 e. The van der Waals surface area contributed by atoms with Gasteiger partial charge in [-0.1, -0.05) is 25.0 Å². The maximum atomic E-state index is 11.9. The molecule has 4 nitrogen and oxygen atoms in total. The normalized spacial score (nSPS) is 12.5. The Bertz CT molecular complexity index is 518. The molecule has 1 aromatic carbocycles. The minimum atomic E-state index is -1.18. The van der Waals surface area contributed by atoms with E-state index in [9.17, 15) is 9.59 Å². The first-order valence-corrected chi connectivity index (χ1v) is 5.47. The second-order valence-corrected chi connectivity index (χ2v) is 3.97. The third kappa shape index (κ3) is 4.39. The van der Waals surface area contributed by atoms with E-state index in [1.54, 1.807) is 26.0 Å². The zero-order valence-corrected chi connectivity index (χ0v) is 13.3. The van der Waals surface area contributed by atoms with Crippen molar-refractivity contribution in [3.05, 3.63) is 35.4 Å². The number of terminal acetylenes is 1. The Morgan fingerprint density at radius 3 is 2.32 bits per heavy atom. The number of aromatic carboxylic acids is 1. The van der Waals surface area contributed by atoms with Crippen LogP contribution in [-0.2, 0) is 4.74 Å². The molecular formula is C14H14NaO4. The van der Waals surface area contributed by atoms with Gasteiger partial charge in [0.2, 0.25) is 0 Å². The van der Waals surface area contributed by atoms with Crippen molar-refractivity contribution >= 4 is 41.5 Å². The van der Waals surface area contributed by atoms with Crippen LogP contribution in [0, 0.1) is 12.3 Å². The van der Waals surface area contributed by atoms with Crippen molar-refractivity contribution in [3.8, 4) is 12.3 Å². The second-order valence-electron chi connectivity index (χ2n) is 3.97. The maximum absolute atomic E-state index is 11.9. The first kappa shape index (κ1) is 17.7. The van der Waals surface area contributed by atoms with E-state index in [1.165, 1.54) is 12.1 Å². The first-order chi connectivity index (χ1) is 8.43. The molecule has 1 aromatic rings. The van der Waals surface area contributed by atoms with Gasteiger partial charge in [0.15, 0.2) is 5.60 Å². The summed E-state index contributed by atoms with van der Waals surface area (Å²) in [6, 6.07) is 5.86. The molecule has 5 heteroatoms. The van der Waals surface area contributed by atoms with E-state index < -0.39 is 17.5 Å². The predicted octanol–water partition coefficient (Wildman–Crippen LogP) is 1.96. The van der Waals surface area contributed by atoms with Crippen LogP contribution >= 0.6 is 0 Å². The minimum Gasteiger partial charge on any atom is -0.478 e. The molecule has 95 valence electrons. The van der Waals surface area contributed by atoms with Gasteiger partial charge in [0, 0.05) is 29.6 Å². The van der Waals surface area contributed by atoms with Gasteiger partial charge in [0.25, 0.3) is 0 Å². The number of carboxylic acid groups (broad SMARTS) is 1. The summed E-state index contributed by atoms with van der Waals surface area (Å²) in [4.78, 5) is 22.9. The summed E-state index contributed by atoms with van der Waals surface area (Å²) < 4.78 is 5.17. The van der Waals surface area contributed by atoms with Crippen molar-refractivity contribution < 1.29 is 19.4 Å². The number of carbonyl (C=O) groups is 2. The molecule has 0 aromatic heterocycles. The Kier molecular flexibility index (Phi) is 6.85. The molecule has 0 saturated heterocycles. The molecule has 0 aliphatic heterocycles. The van der Waals surface area contributed by atoms with Gasteiger partial charge in [-0.15, -0.1) is 6.42 Å². The van der Waals surface area contributed by atoms with Crippen LogP contribution in [0.25, 0.3) is 0 Å². The van der Waals surface area contributed by atoms with E-state index in [-0.39, 0.29) is 40.7 Å². The van der Waals surface area contributed by atoms with Crippen LogP contribution in [0.1, 0.15) is 41.0 Å². The van der Waals surface area contributed by atoms with Crippen molar-refractivity contribution in [1.29, 1.82) is 0 Å². The SMILES string of the molecule is C#CC(C)(CC)OC(=O)c1ccccc1C(=O)O.[Na]. The number of hydrogen-bond acceptors (Lipinski definition) is 3. The van der Waals surface area contributed by atoms with Crippen molar-refractivity contribution in [2.75, 3.05) is 0 Å². The number of hydrogen-bond donors (Lipinski definition) is 1. The second kappa shape index (κ2) is 7.34. The van der Waals surface area contributed by atoms with E-state index >= 15 is 0 Å². The fourth-order valence-electron chi connectivity index (χ4n) is 1.31. The Balaban J connectivity index is 0.00000324. The summed E-state index contributed by atoms with van der Waals surface area (Å²) in [6.07, 6.45) is 5.75. The standard InChI is InChI=1S/C14H14O4.Na/c1-4-14(3,5-2)18-13(17)11-9-7-6-8-10(11)12(15)16;/h1,6-9H,5H2,2-3H3,(H,15,16);. The average molecular weight is 269 g/mol. The average Bonchev–Trinajstić information content (AvgIpc) is 2.38. The number of ether oxygens (including phenoxy) is 1. The molecule has 0 spiro atoms. The molecule has 1 radical (unpaired) electrons. The molecule has 0 heterocycles. The minimum absolute atomic E-state index is 0. The summed E-state index contributed by atoms with van der Waals surface area (Å²) in [5.74, 6) is 0.481.